The maximum atomic E-state index is 12.2. The van der Waals surface area contributed by atoms with Crippen LogP contribution in [0.4, 0.5) is 13.2 Å². The van der Waals surface area contributed by atoms with Crippen molar-refractivity contribution in [2.75, 3.05) is 0 Å². The van der Waals surface area contributed by atoms with Crippen LogP contribution in [0, 0.1) is 0 Å². The molecule has 0 aliphatic carbocycles. The molecule has 0 saturated carbocycles. The molecule has 2 rings (SSSR count). The van der Waals surface area contributed by atoms with Crippen LogP contribution in [0.5, 0.6) is 11.5 Å². The van der Waals surface area contributed by atoms with Gasteiger partial charge in [0.15, 0.2) is 0 Å². The smallest absolute Gasteiger partial charge is 0.489 e. The SMILES string of the molecule is O=Cc1cccc(OCc2cc(Cl)cc(OC(F)(F)F)c2)c1. The molecule has 0 aliphatic rings. The number of carbonyl (C=O) groups excluding carboxylic acids is 1. The van der Waals surface area contributed by atoms with Crippen LogP contribution in [0.15, 0.2) is 42.5 Å². The fraction of sp³-hybridized carbons (Fsp3) is 0.133. The summed E-state index contributed by atoms with van der Waals surface area (Å²) in [5.74, 6) is 0.00288. The number of halogens is 4. The van der Waals surface area contributed by atoms with Crippen molar-refractivity contribution in [3.63, 3.8) is 0 Å². The van der Waals surface area contributed by atoms with Crippen molar-refractivity contribution in [3.8, 4) is 11.5 Å². The molecule has 0 saturated heterocycles. The first-order valence-electron chi connectivity index (χ1n) is 6.09. The van der Waals surface area contributed by atoms with Gasteiger partial charge in [-0.3, -0.25) is 4.79 Å². The Morgan fingerprint density at radius 2 is 1.86 bits per heavy atom. The number of carbonyl (C=O) groups is 1. The molecule has 0 N–H and O–H groups in total. The van der Waals surface area contributed by atoms with E-state index in [2.05, 4.69) is 4.74 Å². The topological polar surface area (TPSA) is 35.5 Å². The summed E-state index contributed by atoms with van der Waals surface area (Å²) in [4.78, 5) is 10.7. The summed E-state index contributed by atoms with van der Waals surface area (Å²) in [5.41, 5.74) is 0.841. The standard InChI is InChI=1S/C15H10ClF3O3/c16-12-4-11(6-14(7-12)22-15(17,18)19)9-21-13-3-1-2-10(5-13)8-20/h1-8H,9H2. The first kappa shape index (κ1) is 16.2. The Hall–Kier alpha value is -2.21. The molecule has 0 unspecified atom stereocenters. The zero-order valence-electron chi connectivity index (χ0n) is 11.1. The molecule has 0 aliphatic heterocycles. The lowest BCUT2D eigenvalue weighted by molar-refractivity contribution is -0.274. The van der Waals surface area contributed by atoms with Gasteiger partial charge in [0.2, 0.25) is 0 Å². The van der Waals surface area contributed by atoms with Crippen LogP contribution in [-0.2, 0) is 6.61 Å². The van der Waals surface area contributed by atoms with Gasteiger partial charge in [-0.2, -0.15) is 0 Å². The van der Waals surface area contributed by atoms with Gasteiger partial charge < -0.3 is 9.47 Å². The first-order valence-corrected chi connectivity index (χ1v) is 6.47. The highest BCUT2D eigenvalue weighted by atomic mass is 35.5. The van der Waals surface area contributed by atoms with Gasteiger partial charge in [-0.1, -0.05) is 23.7 Å². The molecule has 0 spiro atoms. The Bertz CT molecular complexity index is 671. The summed E-state index contributed by atoms with van der Waals surface area (Å²) in [7, 11) is 0. The third kappa shape index (κ3) is 4.96. The number of hydrogen-bond acceptors (Lipinski definition) is 3. The molecule has 0 heterocycles. The number of alkyl halides is 3. The molecule has 0 amide bonds. The van der Waals surface area contributed by atoms with E-state index in [1.165, 1.54) is 18.2 Å². The van der Waals surface area contributed by atoms with Gasteiger partial charge in [0.1, 0.15) is 24.4 Å². The van der Waals surface area contributed by atoms with E-state index in [1.807, 2.05) is 0 Å². The Morgan fingerprint density at radius 3 is 2.55 bits per heavy atom. The van der Waals surface area contributed by atoms with Gasteiger partial charge in [-0.15, -0.1) is 13.2 Å². The fourth-order valence-corrected chi connectivity index (χ4v) is 1.99. The molecular formula is C15H10ClF3O3. The zero-order chi connectivity index (χ0) is 16.2. The predicted molar refractivity (Wildman–Crippen MR) is 74.3 cm³/mol. The van der Waals surface area contributed by atoms with Crippen LogP contribution in [0.2, 0.25) is 5.02 Å². The highest BCUT2D eigenvalue weighted by Crippen LogP contribution is 2.27. The van der Waals surface area contributed by atoms with E-state index < -0.39 is 12.1 Å². The lowest BCUT2D eigenvalue weighted by Crippen LogP contribution is -2.17. The first-order chi connectivity index (χ1) is 10.4. The van der Waals surface area contributed by atoms with Crippen LogP contribution >= 0.6 is 11.6 Å². The number of aldehydes is 1. The second-order valence-electron chi connectivity index (χ2n) is 4.32. The van der Waals surface area contributed by atoms with E-state index in [0.29, 0.717) is 23.2 Å². The second-order valence-corrected chi connectivity index (χ2v) is 4.76. The van der Waals surface area contributed by atoms with Gasteiger partial charge in [-0.05, 0) is 35.9 Å². The molecule has 0 fully saturated rings. The Labute approximate surface area is 129 Å². The largest absolute Gasteiger partial charge is 0.573 e. The van der Waals surface area contributed by atoms with Gasteiger partial charge in [0.25, 0.3) is 0 Å². The minimum Gasteiger partial charge on any atom is -0.489 e. The Balaban J connectivity index is 2.10. The van der Waals surface area contributed by atoms with E-state index in [0.717, 1.165) is 6.07 Å². The number of benzene rings is 2. The number of ether oxygens (including phenoxy) is 2. The van der Waals surface area contributed by atoms with Crippen molar-refractivity contribution >= 4 is 17.9 Å². The van der Waals surface area contributed by atoms with Crippen molar-refractivity contribution in [1.29, 1.82) is 0 Å². The van der Waals surface area contributed by atoms with E-state index in [4.69, 9.17) is 16.3 Å². The quantitative estimate of drug-likeness (QED) is 0.750. The molecule has 116 valence electrons. The van der Waals surface area contributed by atoms with Crippen molar-refractivity contribution in [3.05, 3.63) is 58.6 Å². The van der Waals surface area contributed by atoms with Crippen molar-refractivity contribution < 1.29 is 27.4 Å². The van der Waals surface area contributed by atoms with Crippen LogP contribution in [-0.4, -0.2) is 12.6 Å². The van der Waals surface area contributed by atoms with Gasteiger partial charge >= 0.3 is 6.36 Å². The molecular weight excluding hydrogens is 321 g/mol. The lowest BCUT2D eigenvalue weighted by Gasteiger charge is -2.12. The zero-order valence-corrected chi connectivity index (χ0v) is 11.8. The highest BCUT2D eigenvalue weighted by Gasteiger charge is 2.31. The molecule has 0 radical (unpaired) electrons. The molecule has 2 aromatic rings. The van der Waals surface area contributed by atoms with Crippen molar-refractivity contribution in [2.24, 2.45) is 0 Å². The minimum atomic E-state index is -4.79. The molecule has 0 atom stereocenters. The lowest BCUT2D eigenvalue weighted by atomic mass is 10.2. The monoisotopic (exact) mass is 330 g/mol. The summed E-state index contributed by atoms with van der Waals surface area (Å²) in [6.45, 7) is -0.0168. The Morgan fingerprint density at radius 1 is 1.09 bits per heavy atom. The number of hydrogen-bond donors (Lipinski definition) is 0. The van der Waals surface area contributed by atoms with E-state index in [-0.39, 0.29) is 11.6 Å². The predicted octanol–water partition coefficient (Wildman–Crippen LogP) is 4.63. The molecule has 22 heavy (non-hydrogen) atoms. The summed E-state index contributed by atoms with van der Waals surface area (Å²) < 4.78 is 45.9. The van der Waals surface area contributed by atoms with Crippen LogP contribution in [0.25, 0.3) is 0 Å². The fourth-order valence-electron chi connectivity index (χ4n) is 1.74. The van der Waals surface area contributed by atoms with E-state index in [9.17, 15) is 18.0 Å². The summed E-state index contributed by atoms with van der Waals surface area (Å²) >= 11 is 5.76. The Kier molecular flexibility index (Phi) is 4.92. The second kappa shape index (κ2) is 6.70. The number of rotatable bonds is 5. The normalized spacial score (nSPS) is 11.1. The van der Waals surface area contributed by atoms with Crippen LogP contribution in [0.3, 0.4) is 0 Å². The van der Waals surface area contributed by atoms with Crippen LogP contribution in [0.1, 0.15) is 15.9 Å². The molecule has 0 bridgehead atoms. The van der Waals surface area contributed by atoms with Crippen LogP contribution < -0.4 is 9.47 Å². The molecule has 3 nitrogen and oxygen atoms in total. The average Bonchev–Trinajstić information content (AvgIpc) is 2.43. The minimum absolute atomic E-state index is 0.0168. The average molecular weight is 331 g/mol. The summed E-state index contributed by atoms with van der Waals surface area (Å²) in [6, 6.07) is 10.1. The third-order valence-electron chi connectivity index (χ3n) is 2.56. The maximum Gasteiger partial charge on any atom is 0.573 e. The van der Waals surface area contributed by atoms with Crippen molar-refractivity contribution in [1.82, 2.24) is 0 Å². The van der Waals surface area contributed by atoms with Crippen molar-refractivity contribution in [2.45, 2.75) is 13.0 Å². The van der Waals surface area contributed by atoms with Gasteiger partial charge in [-0.25, -0.2) is 0 Å². The van der Waals surface area contributed by atoms with Gasteiger partial charge in [0.05, 0.1) is 0 Å². The van der Waals surface area contributed by atoms with Gasteiger partial charge in [0, 0.05) is 10.6 Å². The molecule has 7 heteroatoms. The maximum absolute atomic E-state index is 12.2. The molecule has 0 aromatic heterocycles. The summed E-state index contributed by atoms with van der Waals surface area (Å²) in [6.07, 6.45) is -4.12. The van der Waals surface area contributed by atoms with E-state index in [1.54, 1.807) is 18.2 Å². The third-order valence-corrected chi connectivity index (χ3v) is 2.78. The summed E-state index contributed by atoms with van der Waals surface area (Å²) in [5, 5.41) is 0.0991. The highest BCUT2D eigenvalue weighted by molar-refractivity contribution is 6.30. The molecule has 2 aromatic carbocycles. The van der Waals surface area contributed by atoms with E-state index >= 15 is 0 Å².